The molecule has 0 unspecified atom stereocenters. The minimum Gasteiger partial charge on any atom is -0.483 e. The van der Waals surface area contributed by atoms with Crippen LogP contribution in [-0.4, -0.2) is 18.4 Å². The smallest absolute Gasteiger partial charge is 0.276 e. The van der Waals surface area contributed by atoms with Crippen molar-refractivity contribution in [1.82, 2.24) is 10.9 Å². The van der Waals surface area contributed by atoms with Gasteiger partial charge in [-0.15, -0.1) is 0 Å². The maximum absolute atomic E-state index is 12.1. The fourth-order valence-electron chi connectivity index (χ4n) is 2.33. The number of rotatable bonds is 5. The number of aryl methyl sites for hydroxylation is 1. The van der Waals surface area contributed by atoms with Crippen LogP contribution in [0.5, 0.6) is 5.75 Å². The van der Waals surface area contributed by atoms with E-state index in [1.54, 1.807) is 18.2 Å². The summed E-state index contributed by atoms with van der Waals surface area (Å²) in [7, 11) is 0. The Balaban J connectivity index is 1.94. The minimum absolute atomic E-state index is 0.0952. The van der Waals surface area contributed by atoms with Crippen molar-refractivity contribution in [2.24, 2.45) is 0 Å². The minimum atomic E-state index is -0.604. The van der Waals surface area contributed by atoms with Crippen LogP contribution < -0.4 is 15.6 Å². The lowest BCUT2D eigenvalue weighted by molar-refractivity contribution is -0.123. The Bertz CT molecular complexity index is 802. The van der Waals surface area contributed by atoms with Gasteiger partial charge in [0, 0.05) is 0 Å². The molecular weight excluding hydrogens is 375 g/mol. The first kappa shape index (κ1) is 20.1. The second-order valence-corrected chi connectivity index (χ2v) is 6.90. The number of carbonyl (C=O) groups excluding carboxylic acids is 2. The molecule has 0 aromatic heterocycles. The molecule has 0 bridgehead atoms. The Hall–Kier alpha value is -2.24. The summed E-state index contributed by atoms with van der Waals surface area (Å²) in [6.45, 7) is 5.81. The van der Waals surface area contributed by atoms with Crippen molar-refractivity contribution in [3.05, 3.63) is 63.1 Å². The molecule has 0 radical (unpaired) electrons. The fraction of sp³-hybridized carbons (Fsp3) is 0.263. The average molecular weight is 395 g/mol. The molecule has 2 rings (SSSR count). The molecule has 5 nitrogen and oxygen atoms in total. The summed E-state index contributed by atoms with van der Waals surface area (Å²) < 4.78 is 5.61. The summed E-state index contributed by atoms with van der Waals surface area (Å²) in [6.07, 6.45) is 0. The van der Waals surface area contributed by atoms with Gasteiger partial charge in [0.05, 0.1) is 15.6 Å². The van der Waals surface area contributed by atoms with Crippen molar-refractivity contribution in [2.45, 2.75) is 26.7 Å². The maximum Gasteiger partial charge on any atom is 0.276 e. The van der Waals surface area contributed by atoms with E-state index in [1.165, 1.54) is 0 Å². The Morgan fingerprint density at radius 2 is 1.73 bits per heavy atom. The van der Waals surface area contributed by atoms with Gasteiger partial charge in [-0.3, -0.25) is 20.4 Å². The first-order valence-electron chi connectivity index (χ1n) is 8.06. The second kappa shape index (κ2) is 8.92. The van der Waals surface area contributed by atoms with E-state index in [1.807, 2.05) is 39.0 Å². The van der Waals surface area contributed by atoms with Crippen molar-refractivity contribution in [1.29, 1.82) is 0 Å². The second-order valence-electron chi connectivity index (χ2n) is 6.08. The lowest BCUT2D eigenvalue weighted by Crippen LogP contribution is -2.44. The molecule has 2 N–H and O–H groups in total. The quantitative estimate of drug-likeness (QED) is 0.744. The van der Waals surface area contributed by atoms with E-state index in [0.29, 0.717) is 5.75 Å². The molecule has 7 heteroatoms. The highest BCUT2D eigenvalue weighted by Crippen LogP contribution is 2.27. The number of carbonyl (C=O) groups is 2. The number of hydrazine groups is 1. The number of nitrogens with one attached hydrogen (secondary N) is 2. The molecule has 0 aliphatic carbocycles. The van der Waals surface area contributed by atoms with E-state index in [9.17, 15) is 9.59 Å². The first-order valence-corrected chi connectivity index (χ1v) is 8.81. The third-order valence-electron chi connectivity index (χ3n) is 3.66. The molecule has 0 atom stereocenters. The van der Waals surface area contributed by atoms with Crippen LogP contribution in [0.25, 0.3) is 0 Å². The summed E-state index contributed by atoms with van der Waals surface area (Å²) >= 11 is 11.9. The lowest BCUT2D eigenvalue weighted by Gasteiger charge is -2.15. The molecular formula is C19H20Cl2N2O3. The fourth-order valence-corrected chi connectivity index (χ4v) is 2.90. The Morgan fingerprint density at radius 3 is 2.35 bits per heavy atom. The van der Waals surface area contributed by atoms with Gasteiger partial charge in [-0.2, -0.15) is 0 Å². The summed E-state index contributed by atoms with van der Waals surface area (Å²) in [5, 5.41) is 0.392. The van der Waals surface area contributed by atoms with Crippen LogP contribution in [0.15, 0.2) is 36.4 Å². The van der Waals surface area contributed by atoms with E-state index in [4.69, 9.17) is 27.9 Å². The predicted molar refractivity (Wildman–Crippen MR) is 103 cm³/mol. The van der Waals surface area contributed by atoms with Crippen molar-refractivity contribution in [3.8, 4) is 5.75 Å². The van der Waals surface area contributed by atoms with Gasteiger partial charge >= 0.3 is 0 Å². The lowest BCUT2D eigenvalue weighted by atomic mass is 10.0. The zero-order valence-corrected chi connectivity index (χ0v) is 16.2. The van der Waals surface area contributed by atoms with Crippen LogP contribution in [0.1, 0.15) is 41.3 Å². The molecule has 0 aliphatic rings. The SMILES string of the molecule is Cc1ccc(C(C)C)c(OCC(=O)NNC(=O)c2c(Cl)cccc2Cl)c1. The number of hydrogen-bond donors (Lipinski definition) is 2. The third-order valence-corrected chi connectivity index (χ3v) is 4.29. The number of ether oxygens (including phenoxy) is 1. The molecule has 0 saturated heterocycles. The summed E-state index contributed by atoms with van der Waals surface area (Å²) in [5.74, 6) is -0.198. The monoisotopic (exact) mass is 394 g/mol. The molecule has 26 heavy (non-hydrogen) atoms. The zero-order valence-electron chi connectivity index (χ0n) is 14.7. The molecule has 2 aromatic rings. The van der Waals surface area contributed by atoms with E-state index in [-0.39, 0.29) is 28.1 Å². The van der Waals surface area contributed by atoms with Crippen LogP contribution >= 0.6 is 23.2 Å². The number of halogens is 2. The third kappa shape index (κ3) is 5.13. The molecule has 2 amide bonds. The molecule has 0 saturated carbocycles. The molecule has 0 aliphatic heterocycles. The number of amides is 2. The highest BCUT2D eigenvalue weighted by Gasteiger charge is 2.15. The molecule has 0 fully saturated rings. The van der Waals surface area contributed by atoms with E-state index in [2.05, 4.69) is 10.9 Å². The van der Waals surface area contributed by atoms with Gasteiger partial charge in [-0.05, 0) is 42.2 Å². The standard InChI is InChI=1S/C19H20Cl2N2O3/c1-11(2)13-8-7-12(3)9-16(13)26-10-17(24)22-23-19(25)18-14(20)5-4-6-15(18)21/h4-9,11H,10H2,1-3H3,(H,22,24)(H,23,25). The van der Waals surface area contributed by atoms with Crippen molar-refractivity contribution >= 4 is 35.0 Å². The molecule has 138 valence electrons. The van der Waals surface area contributed by atoms with Gasteiger partial charge in [0.1, 0.15) is 5.75 Å². The number of benzene rings is 2. The Kier molecular flexibility index (Phi) is 6.89. The molecule has 2 aromatic carbocycles. The van der Waals surface area contributed by atoms with E-state index < -0.39 is 11.8 Å². The van der Waals surface area contributed by atoms with Crippen molar-refractivity contribution in [2.75, 3.05) is 6.61 Å². The zero-order chi connectivity index (χ0) is 19.3. The summed E-state index contributed by atoms with van der Waals surface area (Å²) in [4.78, 5) is 24.1. The van der Waals surface area contributed by atoms with Crippen LogP contribution in [-0.2, 0) is 4.79 Å². The van der Waals surface area contributed by atoms with Gasteiger partial charge in [-0.1, -0.05) is 55.2 Å². The maximum atomic E-state index is 12.1. The van der Waals surface area contributed by atoms with Gasteiger partial charge in [0.15, 0.2) is 6.61 Å². The summed E-state index contributed by atoms with van der Waals surface area (Å²) in [6, 6.07) is 10.6. The van der Waals surface area contributed by atoms with Crippen LogP contribution in [0.4, 0.5) is 0 Å². The average Bonchev–Trinajstić information content (AvgIpc) is 2.57. The summed E-state index contributed by atoms with van der Waals surface area (Å²) in [5.41, 5.74) is 6.70. The highest BCUT2D eigenvalue weighted by atomic mass is 35.5. The normalized spacial score (nSPS) is 10.5. The van der Waals surface area contributed by atoms with Crippen molar-refractivity contribution < 1.29 is 14.3 Å². The topological polar surface area (TPSA) is 67.4 Å². The molecule has 0 heterocycles. The van der Waals surface area contributed by atoms with Gasteiger partial charge in [0.25, 0.3) is 11.8 Å². The Labute approximate surface area is 162 Å². The van der Waals surface area contributed by atoms with Crippen LogP contribution in [0, 0.1) is 6.92 Å². The van der Waals surface area contributed by atoms with E-state index in [0.717, 1.165) is 11.1 Å². The van der Waals surface area contributed by atoms with E-state index >= 15 is 0 Å². The van der Waals surface area contributed by atoms with Gasteiger partial charge in [-0.25, -0.2) is 0 Å². The molecule has 0 spiro atoms. The largest absolute Gasteiger partial charge is 0.483 e. The number of hydrogen-bond acceptors (Lipinski definition) is 3. The van der Waals surface area contributed by atoms with Crippen LogP contribution in [0.2, 0.25) is 10.0 Å². The predicted octanol–water partition coefficient (Wildman–Crippen LogP) is 4.27. The van der Waals surface area contributed by atoms with Crippen molar-refractivity contribution in [3.63, 3.8) is 0 Å². The van der Waals surface area contributed by atoms with Gasteiger partial charge < -0.3 is 4.74 Å². The Morgan fingerprint density at radius 1 is 1.08 bits per heavy atom. The van der Waals surface area contributed by atoms with Gasteiger partial charge in [0.2, 0.25) is 0 Å². The first-order chi connectivity index (χ1) is 12.3. The highest BCUT2D eigenvalue weighted by molar-refractivity contribution is 6.39. The van der Waals surface area contributed by atoms with Crippen LogP contribution in [0.3, 0.4) is 0 Å².